The lowest BCUT2D eigenvalue weighted by Gasteiger charge is -2.10. The molecular formula is C15H16FN3. The van der Waals surface area contributed by atoms with Crippen LogP contribution in [0.1, 0.15) is 30.1 Å². The Morgan fingerprint density at radius 2 is 2.05 bits per heavy atom. The molecule has 3 nitrogen and oxygen atoms in total. The maximum Gasteiger partial charge on any atom is 0.134 e. The highest BCUT2D eigenvalue weighted by Gasteiger charge is 2.27. The Bertz CT molecular complexity index is 621. The summed E-state index contributed by atoms with van der Waals surface area (Å²) in [7, 11) is 1.83. The van der Waals surface area contributed by atoms with Crippen molar-refractivity contribution in [3.05, 3.63) is 41.5 Å². The van der Waals surface area contributed by atoms with Gasteiger partial charge in [0.05, 0.1) is 5.69 Å². The normalized spacial score (nSPS) is 14.5. The van der Waals surface area contributed by atoms with Gasteiger partial charge in [0, 0.05) is 24.6 Å². The highest BCUT2D eigenvalue weighted by Crippen LogP contribution is 2.39. The van der Waals surface area contributed by atoms with Gasteiger partial charge in [0.15, 0.2) is 0 Å². The molecule has 4 heteroatoms. The lowest BCUT2D eigenvalue weighted by molar-refractivity contribution is 0.619. The molecule has 0 atom stereocenters. The first-order valence-corrected chi connectivity index (χ1v) is 6.51. The zero-order chi connectivity index (χ0) is 13.4. The summed E-state index contributed by atoms with van der Waals surface area (Å²) >= 11 is 0. The fraction of sp³-hybridized carbons (Fsp3) is 0.333. The van der Waals surface area contributed by atoms with E-state index in [1.807, 2.05) is 19.2 Å². The van der Waals surface area contributed by atoms with Gasteiger partial charge in [-0.3, -0.25) is 0 Å². The largest absolute Gasteiger partial charge is 0.373 e. The van der Waals surface area contributed by atoms with Gasteiger partial charge in [-0.05, 0) is 31.4 Å². The van der Waals surface area contributed by atoms with Crippen LogP contribution in [-0.4, -0.2) is 17.0 Å². The number of anilines is 1. The SMILES string of the molecule is CNc1cc(-c2cccc(F)c2C)nc(C2CC2)n1. The average molecular weight is 257 g/mol. The molecule has 1 fully saturated rings. The third-order valence-corrected chi connectivity index (χ3v) is 3.49. The van der Waals surface area contributed by atoms with Crippen LogP contribution in [0.3, 0.4) is 0 Å². The van der Waals surface area contributed by atoms with Crippen molar-refractivity contribution in [1.29, 1.82) is 0 Å². The van der Waals surface area contributed by atoms with Crippen LogP contribution in [0.15, 0.2) is 24.3 Å². The Balaban J connectivity index is 2.13. The van der Waals surface area contributed by atoms with Crippen LogP contribution in [0, 0.1) is 12.7 Å². The molecule has 1 heterocycles. The summed E-state index contributed by atoms with van der Waals surface area (Å²) in [5.74, 6) is 1.93. The van der Waals surface area contributed by atoms with Crippen molar-refractivity contribution in [3.8, 4) is 11.3 Å². The molecule has 0 aliphatic heterocycles. The minimum atomic E-state index is -0.199. The Kier molecular flexibility index (Phi) is 2.93. The molecule has 1 aromatic carbocycles. The standard InChI is InChI=1S/C15H16FN3/c1-9-11(4-3-5-12(9)16)13-8-14(17-2)19-15(18-13)10-6-7-10/h3-5,8,10H,6-7H2,1-2H3,(H,17,18,19). The van der Waals surface area contributed by atoms with Crippen molar-refractivity contribution in [3.63, 3.8) is 0 Å². The fourth-order valence-electron chi connectivity index (χ4n) is 2.14. The van der Waals surface area contributed by atoms with Crippen LogP contribution >= 0.6 is 0 Å². The Morgan fingerprint density at radius 3 is 2.74 bits per heavy atom. The predicted molar refractivity (Wildman–Crippen MR) is 73.7 cm³/mol. The van der Waals surface area contributed by atoms with Crippen LogP contribution in [0.5, 0.6) is 0 Å². The van der Waals surface area contributed by atoms with Gasteiger partial charge in [-0.25, -0.2) is 14.4 Å². The first kappa shape index (κ1) is 12.1. The molecular weight excluding hydrogens is 241 g/mol. The molecule has 0 bridgehead atoms. The second-order valence-corrected chi connectivity index (χ2v) is 4.93. The first-order chi connectivity index (χ1) is 9.19. The van der Waals surface area contributed by atoms with E-state index in [2.05, 4.69) is 15.3 Å². The molecule has 1 aliphatic rings. The monoisotopic (exact) mass is 257 g/mol. The maximum atomic E-state index is 13.7. The van der Waals surface area contributed by atoms with Gasteiger partial charge in [0.2, 0.25) is 0 Å². The number of nitrogens with one attached hydrogen (secondary N) is 1. The van der Waals surface area contributed by atoms with Crippen molar-refractivity contribution in [2.45, 2.75) is 25.7 Å². The molecule has 0 amide bonds. The topological polar surface area (TPSA) is 37.8 Å². The molecule has 0 radical (unpaired) electrons. The average Bonchev–Trinajstić information content (AvgIpc) is 3.26. The highest BCUT2D eigenvalue weighted by atomic mass is 19.1. The van der Waals surface area contributed by atoms with E-state index in [-0.39, 0.29) is 5.82 Å². The van der Waals surface area contributed by atoms with Crippen LogP contribution in [0.25, 0.3) is 11.3 Å². The Labute approximate surface area is 111 Å². The second-order valence-electron chi connectivity index (χ2n) is 4.93. The van der Waals surface area contributed by atoms with Gasteiger partial charge >= 0.3 is 0 Å². The van der Waals surface area contributed by atoms with E-state index < -0.39 is 0 Å². The van der Waals surface area contributed by atoms with Crippen molar-refractivity contribution in [2.75, 3.05) is 12.4 Å². The van der Waals surface area contributed by atoms with Crippen molar-refractivity contribution < 1.29 is 4.39 Å². The summed E-state index contributed by atoms with van der Waals surface area (Å²) in [5, 5.41) is 3.05. The number of rotatable bonds is 3. The summed E-state index contributed by atoms with van der Waals surface area (Å²) in [5.41, 5.74) is 2.25. The lowest BCUT2D eigenvalue weighted by Crippen LogP contribution is -2.01. The second kappa shape index (κ2) is 4.61. The van der Waals surface area contributed by atoms with Crippen LogP contribution in [0.4, 0.5) is 10.2 Å². The molecule has 1 N–H and O–H groups in total. The Hall–Kier alpha value is -1.97. The molecule has 1 aliphatic carbocycles. The van der Waals surface area contributed by atoms with Crippen molar-refractivity contribution >= 4 is 5.82 Å². The number of nitrogens with zero attached hydrogens (tertiary/aromatic N) is 2. The van der Waals surface area contributed by atoms with Crippen LogP contribution in [0.2, 0.25) is 0 Å². The minimum absolute atomic E-state index is 0.199. The summed E-state index contributed by atoms with van der Waals surface area (Å²) in [6.45, 7) is 1.78. The van der Waals surface area contributed by atoms with Crippen molar-refractivity contribution in [2.24, 2.45) is 0 Å². The third-order valence-electron chi connectivity index (χ3n) is 3.49. The van der Waals surface area contributed by atoms with Gasteiger partial charge < -0.3 is 5.32 Å². The van der Waals surface area contributed by atoms with E-state index in [0.29, 0.717) is 11.5 Å². The van der Waals surface area contributed by atoms with Crippen LogP contribution in [-0.2, 0) is 0 Å². The van der Waals surface area contributed by atoms with Crippen LogP contribution < -0.4 is 5.32 Å². The number of hydrogen-bond acceptors (Lipinski definition) is 3. The molecule has 2 aromatic rings. The van der Waals surface area contributed by atoms with E-state index in [0.717, 1.165) is 35.7 Å². The maximum absolute atomic E-state index is 13.7. The molecule has 1 aromatic heterocycles. The summed E-state index contributed by atoms with van der Waals surface area (Å²) in [6, 6.07) is 6.96. The first-order valence-electron chi connectivity index (χ1n) is 6.51. The number of benzene rings is 1. The highest BCUT2D eigenvalue weighted by molar-refractivity contribution is 5.66. The minimum Gasteiger partial charge on any atom is -0.373 e. The third kappa shape index (κ3) is 2.30. The van der Waals surface area contributed by atoms with Gasteiger partial charge in [0.25, 0.3) is 0 Å². The van der Waals surface area contributed by atoms with E-state index in [1.165, 1.54) is 6.07 Å². The molecule has 0 unspecified atom stereocenters. The number of aromatic nitrogens is 2. The quantitative estimate of drug-likeness (QED) is 0.914. The molecule has 19 heavy (non-hydrogen) atoms. The van der Waals surface area contributed by atoms with E-state index in [1.54, 1.807) is 13.0 Å². The summed E-state index contributed by atoms with van der Waals surface area (Å²) in [6.07, 6.45) is 2.30. The lowest BCUT2D eigenvalue weighted by atomic mass is 10.0. The zero-order valence-electron chi connectivity index (χ0n) is 11.1. The van der Waals surface area contributed by atoms with E-state index in [4.69, 9.17) is 0 Å². The summed E-state index contributed by atoms with van der Waals surface area (Å²) < 4.78 is 13.7. The van der Waals surface area contributed by atoms with Gasteiger partial charge in [0.1, 0.15) is 17.5 Å². The Morgan fingerprint density at radius 1 is 1.26 bits per heavy atom. The van der Waals surface area contributed by atoms with E-state index >= 15 is 0 Å². The zero-order valence-corrected chi connectivity index (χ0v) is 11.1. The number of hydrogen-bond donors (Lipinski definition) is 1. The molecule has 1 saturated carbocycles. The molecule has 0 spiro atoms. The predicted octanol–water partition coefficient (Wildman–Crippen LogP) is 3.51. The molecule has 98 valence electrons. The van der Waals surface area contributed by atoms with Gasteiger partial charge in [-0.1, -0.05) is 12.1 Å². The number of halogens is 1. The van der Waals surface area contributed by atoms with Crippen molar-refractivity contribution in [1.82, 2.24) is 9.97 Å². The molecule has 3 rings (SSSR count). The van der Waals surface area contributed by atoms with Gasteiger partial charge in [-0.15, -0.1) is 0 Å². The smallest absolute Gasteiger partial charge is 0.134 e. The fourth-order valence-corrected chi connectivity index (χ4v) is 2.14. The van der Waals surface area contributed by atoms with Gasteiger partial charge in [-0.2, -0.15) is 0 Å². The van der Waals surface area contributed by atoms with E-state index in [9.17, 15) is 4.39 Å². The summed E-state index contributed by atoms with van der Waals surface area (Å²) in [4.78, 5) is 9.07. The molecule has 0 saturated heterocycles.